The fraction of sp³-hybridized carbons (Fsp3) is 0.500. The highest BCUT2D eigenvalue weighted by Gasteiger charge is 2.27. The molecule has 1 aromatic rings. The molecule has 0 aliphatic rings. The van der Waals surface area contributed by atoms with Crippen LogP contribution in [0.15, 0.2) is 22.7 Å². The van der Waals surface area contributed by atoms with Crippen LogP contribution in [0, 0.1) is 11.2 Å². The van der Waals surface area contributed by atoms with Crippen LogP contribution in [0.3, 0.4) is 0 Å². The molecule has 0 aromatic heterocycles. The Bertz CT molecular complexity index is 349. The van der Waals surface area contributed by atoms with Crippen molar-refractivity contribution in [2.75, 3.05) is 0 Å². The van der Waals surface area contributed by atoms with Gasteiger partial charge in [0, 0.05) is 16.1 Å². The summed E-state index contributed by atoms with van der Waals surface area (Å²) < 4.78 is 14.4. The third kappa shape index (κ3) is 2.79. The van der Waals surface area contributed by atoms with Gasteiger partial charge in [-0.1, -0.05) is 36.7 Å². The number of rotatable bonds is 3. The number of halogens is 2. The molecule has 1 nitrogen and oxygen atoms in total. The lowest BCUT2D eigenvalue weighted by molar-refractivity contribution is 0.273. The third-order valence-electron chi connectivity index (χ3n) is 3.05. The van der Waals surface area contributed by atoms with Crippen molar-refractivity contribution in [1.29, 1.82) is 0 Å². The minimum Gasteiger partial charge on any atom is -0.323 e. The molecule has 0 saturated heterocycles. The Labute approximate surface area is 99.0 Å². The zero-order valence-corrected chi connectivity index (χ0v) is 10.9. The molecule has 15 heavy (non-hydrogen) atoms. The molecule has 0 bridgehead atoms. The Hall–Kier alpha value is -0.410. The number of hydrogen-bond acceptors (Lipinski definition) is 1. The summed E-state index contributed by atoms with van der Waals surface area (Å²) in [6.45, 7) is 6.17. The maximum absolute atomic E-state index is 13.6. The predicted octanol–water partition coefficient (Wildman–Crippen LogP) is 4.02. The first-order valence-electron chi connectivity index (χ1n) is 5.09. The summed E-state index contributed by atoms with van der Waals surface area (Å²) in [5, 5.41) is 0. The van der Waals surface area contributed by atoms with Crippen LogP contribution >= 0.6 is 15.9 Å². The monoisotopic (exact) mass is 273 g/mol. The van der Waals surface area contributed by atoms with E-state index in [0.717, 1.165) is 10.9 Å². The summed E-state index contributed by atoms with van der Waals surface area (Å²) >= 11 is 3.33. The van der Waals surface area contributed by atoms with Gasteiger partial charge >= 0.3 is 0 Å². The molecule has 0 heterocycles. The smallest absolute Gasteiger partial charge is 0.128 e. The normalized spacial score (nSPS) is 14.0. The van der Waals surface area contributed by atoms with E-state index < -0.39 is 0 Å². The van der Waals surface area contributed by atoms with Gasteiger partial charge in [-0.05, 0) is 30.0 Å². The van der Waals surface area contributed by atoms with E-state index in [1.165, 1.54) is 6.07 Å². The summed E-state index contributed by atoms with van der Waals surface area (Å²) in [5.74, 6) is -0.229. The van der Waals surface area contributed by atoms with Gasteiger partial charge in [0.05, 0.1) is 0 Å². The summed E-state index contributed by atoms with van der Waals surface area (Å²) in [4.78, 5) is 0. The van der Waals surface area contributed by atoms with E-state index in [1.54, 1.807) is 12.1 Å². The Morgan fingerprint density at radius 3 is 2.60 bits per heavy atom. The first-order chi connectivity index (χ1) is 6.88. The van der Waals surface area contributed by atoms with Crippen LogP contribution < -0.4 is 5.73 Å². The van der Waals surface area contributed by atoms with E-state index in [1.807, 2.05) is 0 Å². The van der Waals surface area contributed by atoms with Crippen molar-refractivity contribution in [3.8, 4) is 0 Å². The maximum atomic E-state index is 13.6. The lowest BCUT2D eigenvalue weighted by Gasteiger charge is -2.31. The molecular formula is C12H17BrFN. The average molecular weight is 274 g/mol. The Kier molecular flexibility index (Phi) is 3.90. The molecule has 0 spiro atoms. The van der Waals surface area contributed by atoms with E-state index in [-0.39, 0.29) is 17.3 Å². The van der Waals surface area contributed by atoms with Gasteiger partial charge in [-0.15, -0.1) is 0 Å². The lowest BCUT2D eigenvalue weighted by Crippen LogP contribution is -2.29. The fourth-order valence-corrected chi connectivity index (χ4v) is 1.77. The summed E-state index contributed by atoms with van der Waals surface area (Å²) in [6.07, 6.45) is 0.917. The molecule has 0 fully saturated rings. The molecule has 1 unspecified atom stereocenters. The third-order valence-corrected chi connectivity index (χ3v) is 3.54. The molecule has 1 atom stereocenters. The second kappa shape index (κ2) is 4.62. The molecule has 0 amide bonds. The zero-order valence-electron chi connectivity index (χ0n) is 9.35. The van der Waals surface area contributed by atoms with Gasteiger partial charge in [0.15, 0.2) is 0 Å². The van der Waals surface area contributed by atoms with E-state index in [4.69, 9.17) is 5.73 Å². The molecule has 1 aromatic carbocycles. The minimum atomic E-state index is -0.278. The van der Waals surface area contributed by atoms with E-state index in [2.05, 4.69) is 36.7 Å². The predicted molar refractivity (Wildman–Crippen MR) is 65.1 cm³/mol. The Morgan fingerprint density at radius 1 is 1.47 bits per heavy atom. The molecule has 0 radical (unpaired) electrons. The van der Waals surface area contributed by atoms with Crippen molar-refractivity contribution < 1.29 is 4.39 Å². The zero-order chi connectivity index (χ0) is 11.6. The summed E-state index contributed by atoms with van der Waals surface area (Å²) in [7, 11) is 0. The molecule has 1 rings (SSSR count). The minimum absolute atomic E-state index is 0.0956. The van der Waals surface area contributed by atoms with E-state index in [0.29, 0.717) is 5.56 Å². The van der Waals surface area contributed by atoms with E-state index in [9.17, 15) is 4.39 Å². The van der Waals surface area contributed by atoms with Crippen molar-refractivity contribution in [1.82, 2.24) is 0 Å². The van der Waals surface area contributed by atoms with Gasteiger partial charge in [-0.25, -0.2) is 4.39 Å². The van der Waals surface area contributed by atoms with Crippen LogP contribution in [0.2, 0.25) is 0 Å². The molecule has 3 heteroatoms. The molecule has 84 valence electrons. The van der Waals surface area contributed by atoms with Gasteiger partial charge in [0.25, 0.3) is 0 Å². The largest absolute Gasteiger partial charge is 0.323 e. The van der Waals surface area contributed by atoms with Gasteiger partial charge in [-0.2, -0.15) is 0 Å². The molecular weight excluding hydrogens is 257 g/mol. The number of hydrogen-bond donors (Lipinski definition) is 1. The van der Waals surface area contributed by atoms with Crippen LogP contribution in [-0.4, -0.2) is 0 Å². The first kappa shape index (κ1) is 12.7. The highest BCUT2D eigenvalue weighted by atomic mass is 79.9. The molecule has 0 aliphatic heterocycles. The van der Waals surface area contributed by atoms with Crippen molar-refractivity contribution in [3.05, 3.63) is 34.1 Å². The number of nitrogens with two attached hydrogens (primary N) is 1. The van der Waals surface area contributed by atoms with E-state index >= 15 is 0 Å². The highest BCUT2D eigenvalue weighted by Crippen LogP contribution is 2.36. The van der Waals surface area contributed by atoms with Gasteiger partial charge < -0.3 is 5.73 Å². The second-order valence-electron chi connectivity index (χ2n) is 4.49. The van der Waals surface area contributed by atoms with Crippen LogP contribution in [0.5, 0.6) is 0 Å². The highest BCUT2D eigenvalue weighted by molar-refractivity contribution is 9.10. The fourth-order valence-electron chi connectivity index (χ4n) is 1.39. The van der Waals surface area contributed by atoms with Crippen LogP contribution in [0.1, 0.15) is 38.8 Å². The van der Waals surface area contributed by atoms with Crippen molar-refractivity contribution >= 4 is 15.9 Å². The second-order valence-corrected chi connectivity index (χ2v) is 5.40. The van der Waals surface area contributed by atoms with Gasteiger partial charge in [0.2, 0.25) is 0 Å². The lowest BCUT2D eigenvalue weighted by atomic mass is 9.79. The molecule has 2 N–H and O–H groups in total. The first-order valence-corrected chi connectivity index (χ1v) is 5.88. The number of benzene rings is 1. The summed E-state index contributed by atoms with van der Waals surface area (Å²) in [6, 6.07) is 4.62. The quantitative estimate of drug-likeness (QED) is 0.885. The molecule has 0 aliphatic carbocycles. The standard InChI is InChI=1S/C12H17BrFN/c1-4-12(2,3)11(15)9-7-8(13)5-6-10(9)14/h5-7,11H,4,15H2,1-3H3. The van der Waals surface area contributed by atoms with Crippen LogP contribution in [-0.2, 0) is 0 Å². The van der Waals surface area contributed by atoms with Crippen molar-refractivity contribution in [2.45, 2.75) is 33.2 Å². The SMILES string of the molecule is CCC(C)(C)C(N)c1cc(Br)ccc1F. The average Bonchev–Trinajstić information content (AvgIpc) is 2.20. The van der Waals surface area contributed by atoms with Gasteiger partial charge in [-0.3, -0.25) is 0 Å². The Morgan fingerprint density at radius 2 is 2.07 bits per heavy atom. The van der Waals surface area contributed by atoms with Gasteiger partial charge in [0.1, 0.15) is 5.82 Å². The van der Waals surface area contributed by atoms with Crippen LogP contribution in [0.4, 0.5) is 4.39 Å². The molecule has 0 saturated carbocycles. The van der Waals surface area contributed by atoms with Crippen LogP contribution in [0.25, 0.3) is 0 Å². The van der Waals surface area contributed by atoms with Crippen molar-refractivity contribution in [3.63, 3.8) is 0 Å². The maximum Gasteiger partial charge on any atom is 0.128 e. The summed E-state index contributed by atoms with van der Waals surface area (Å²) in [5.41, 5.74) is 6.58. The topological polar surface area (TPSA) is 26.0 Å². The van der Waals surface area contributed by atoms with Crippen molar-refractivity contribution in [2.24, 2.45) is 11.1 Å². The Balaban J connectivity index is 3.10.